The number of anilines is 1. The Bertz CT molecular complexity index is 562. The Morgan fingerprint density at radius 1 is 1.47 bits per heavy atom. The van der Waals surface area contributed by atoms with Crippen LogP contribution in [0.4, 0.5) is 5.69 Å². The lowest BCUT2D eigenvalue weighted by Gasteiger charge is -2.10. The standard InChI is InChI=1S/C11H11ClIN3O/c1-17-5-7-4-10(16-14)8-2-6(13)3-9(12)11(8)15-7/h2-4H,5,14H2,1H3,(H,15,16). The van der Waals surface area contributed by atoms with E-state index in [0.29, 0.717) is 11.6 Å². The molecule has 1 heterocycles. The first-order chi connectivity index (χ1) is 8.15. The zero-order chi connectivity index (χ0) is 12.4. The van der Waals surface area contributed by atoms with E-state index in [4.69, 9.17) is 22.2 Å². The molecule has 0 aliphatic carbocycles. The summed E-state index contributed by atoms with van der Waals surface area (Å²) in [5.41, 5.74) is 4.98. The predicted octanol–water partition coefficient (Wildman–Crippen LogP) is 2.92. The van der Waals surface area contributed by atoms with Crippen molar-refractivity contribution in [1.82, 2.24) is 4.98 Å². The Morgan fingerprint density at radius 2 is 2.24 bits per heavy atom. The number of nitrogen functional groups attached to an aromatic ring is 1. The minimum absolute atomic E-state index is 0.424. The van der Waals surface area contributed by atoms with Crippen LogP contribution in [0.15, 0.2) is 18.2 Å². The molecule has 0 bridgehead atoms. The van der Waals surface area contributed by atoms with E-state index in [2.05, 4.69) is 33.0 Å². The smallest absolute Gasteiger partial charge is 0.0914 e. The van der Waals surface area contributed by atoms with Crippen LogP contribution in [0.25, 0.3) is 10.9 Å². The van der Waals surface area contributed by atoms with Gasteiger partial charge in [-0.3, -0.25) is 5.84 Å². The Balaban J connectivity index is 2.73. The number of methoxy groups -OCH3 is 1. The monoisotopic (exact) mass is 363 g/mol. The summed E-state index contributed by atoms with van der Waals surface area (Å²) in [7, 11) is 1.62. The number of hydrazine groups is 1. The molecule has 1 aromatic carbocycles. The summed E-state index contributed by atoms with van der Waals surface area (Å²) < 4.78 is 6.10. The van der Waals surface area contributed by atoms with Gasteiger partial charge >= 0.3 is 0 Å². The topological polar surface area (TPSA) is 60.2 Å². The highest BCUT2D eigenvalue weighted by Crippen LogP contribution is 2.30. The van der Waals surface area contributed by atoms with E-state index in [1.807, 2.05) is 18.2 Å². The lowest BCUT2D eigenvalue weighted by molar-refractivity contribution is 0.182. The third-order valence-corrected chi connectivity index (χ3v) is 3.24. The van der Waals surface area contributed by atoms with Gasteiger partial charge in [-0.1, -0.05) is 11.6 Å². The Kier molecular flexibility index (Phi) is 4.03. The van der Waals surface area contributed by atoms with Crippen LogP contribution >= 0.6 is 34.2 Å². The fraction of sp³-hybridized carbons (Fsp3) is 0.182. The van der Waals surface area contributed by atoms with Crippen LogP contribution in [-0.4, -0.2) is 12.1 Å². The van der Waals surface area contributed by atoms with Crippen LogP contribution < -0.4 is 11.3 Å². The zero-order valence-corrected chi connectivity index (χ0v) is 12.0. The lowest BCUT2D eigenvalue weighted by Crippen LogP contribution is -2.09. The predicted molar refractivity (Wildman–Crippen MR) is 78.0 cm³/mol. The quantitative estimate of drug-likeness (QED) is 0.500. The average Bonchev–Trinajstić information content (AvgIpc) is 2.29. The normalized spacial score (nSPS) is 10.8. The molecule has 0 amide bonds. The van der Waals surface area contributed by atoms with E-state index >= 15 is 0 Å². The van der Waals surface area contributed by atoms with E-state index in [9.17, 15) is 0 Å². The van der Waals surface area contributed by atoms with Gasteiger partial charge in [-0.15, -0.1) is 0 Å². The molecule has 0 atom stereocenters. The van der Waals surface area contributed by atoms with Crippen LogP contribution in [0.2, 0.25) is 5.02 Å². The van der Waals surface area contributed by atoms with Crippen LogP contribution in [0.3, 0.4) is 0 Å². The first kappa shape index (κ1) is 12.8. The largest absolute Gasteiger partial charge is 0.378 e. The van der Waals surface area contributed by atoms with Crippen molar-refractivity contribution in [3.05, 3.63) is 32.5 Å². The van der Waals surface area contributed by atoms with Gasteiger partial charge in [0.25, 0.3) is 0 Å². The summed E-state index contributed by atoms with van der Waals surface area (Å²) >= 11 is 8.39. The number of fused-ring (bicyclic) bond motifs is 1. The van der Waals surface area contributed by atoms with Gasteiger partial charge in [0, 0.05) is 16.1 Å². The van der Waals surface area contributed by atoms with Gasteiger partial charge in [0.15, 0.2) is 0 Å². The molecular weight excluding hydrogens is 352 g/mol. The highest BCUT2D eigenvalue weighted by Gasteiger charge is 2.09. The number of ether oxygens (including phenoxy) is 1. The number of halogens is 2. The number of nitrogens with one attached hydrogen (secondary N) is 1. The number of aromatic nitrogens is 1. The molecule has 0 aliphatic rings. The van der Waals surface area contributed by atoms with Crippen LogP contribution in [0.5, 0.6) is 0 Å². The highest BCUT2D eigenvalue weighted by atomic mass is 127. The second-order valence-electron chi connectivity index (χ2n) is 3.52. The molecule has 1 aromatic heterocycles. The molecule has 0 spiro atoms. The Hall–Kier alpha value is -0.630. The van der Waals surface area contributed by atoms with Crippen molar-refractivity contribution in [2.24, 2.45) is 5.84 Å². The fourth-order valence-electron chi connectivity index (χ4n) is 1.65. The van der Waals surface area contributed by atoms with Crippen molar-refractivity contribution in [2.75, 3.05) is 12.5 Å². The minimum atomic E-state index is 0.424. The maximum absolute atomic E-state index is 6.19. The Labute approximate surface area is 118 Å². The number of nitrogens with zero attached hydrogens (tertiary/aromatic N) is 1. The van der Waals surface area contributed by atoms with Gasteiger partial charge in [0.2, 0.25) is 0 Å². The molecule has 0 unspecified atom stereocenters. The number of pyridine rings is 1. The molecule has 4 nitrogen and oxygen atoms in total. The molecule has 90 valence electrons. The second-order valence-corrected chi connectivity index (χ2v) is 5.18. The minimum Gasteiger partial charge on any atom is -0.378 e. The van der Waals surface area contributed by atoms with Crippen LogP contribution in [-0.2, 0) is 11.3 Å². The van der Waals surface area contributed by atoms with Crippen molar-refractivity contribution in [3.8, 4) is 0 Å². The molecule has 2 aromatic rings. The maximum Gasteiger partial charge on any atom is 0.0914 e. The SMILES string of the molecule is COCc1cc(NN)c2cc(I)cc(Cl)c2n1. The van der Waals surface area contributed by atoms with Crippen molar-refractivity contribution in [3.63, 3.8) is 0 Å². The van der Waals surface area contributed by atoms with E-state index in [1.165, 1.54) is 0 Å². The molecule has 17 heavy (non-hydrogen) atoms. The van der Waals surface area contributed by atoms with E-state index in [0.717, 1.165) is 25.9 Å². The van der Waals surface area contributed by atoms with Gasteiger partial charge < -0.3 is 10.2 Å². The van der Waals surface area contributed by atoms with Gasteiger partial charge in [0.05, 0.1) is 28.5 Å². The van der Waals surface area contributed by atoms with Crippen LogP contribution in [0.1, 0.15) is 5.69 Å². The van der Waals surface area contributed by atoms with Gasteiger partial charge in [-0.2, -0.15) is 0 Å². The number of hydrogen-bond donors (Lipinski definition) is 2. The van der Waals surface area contributed by atoms with Crippen molar-refractivity contribution >= 4 is 50.8 Å². The van der Waals surface area contributed by atoms with Crippen molar-refractivity contribution < 1.29 is 4.74 Å². The number of rotatable bonds is 3. The summed E-state index contributed by atoms with van der Waals surface area (Å²) in [6, 6.07) is 5.72. The van der Waals surface area contributed by atoms with Crippen LogP contribution in [0, 0.1) is 3.57 Å². The number of hydrogen-bond acceptors (Lipinski definition) is 4. The summed E-state index contributed by atoms with van der Waals surface area (Å²) in [5.74, 6) is 5.52. The van der Waals surface area contributed by atoms with E-state index < -0.39 is 0 Å². The first-order valence-corrected chi connectivity index (χ1v) is 6.35. The van der Waals surface area contributed by atoms with Gasteiger partial charge in [-0.05, 0) is 40.8 Å². The average molecular weight is 364 g/mol. The summed E-state index contributed by atoms with van der Waals surface area (Å²) in [4.78, 5) is 4.46. The summed E-state index contributed by atoms with van der Waals surface area (Å²) in [5, 5.41) is 1.52. The molecule has 3 N–H and O–H groups in total. The number of benzene rings is 1. The van der Waals surface area contributed by atoms with E-state index in [1.54, 1.807) is 7.11 Å². The molecule has 0 saturated heterocycles. The Morgan fingerprint density at radius 3 is 2.88 bits per heavy atom. The summed E-state index contributed by atoms with van der Waals surface area (Å²) in [6.45, 7) is 0.424. The fourth-order valence-corrected chi connectivity index (χ4v) is 2.71. The van der Waals surface area contributed by atoms with Crippen molar-refractivity contribution in [1.29, 1.82) is 0 Å². The third-order valence-electron chi connectivity index (χ3n) is 2.33. The third kappa shape index (κ3) is 2.62. The molecule has 2 rings (SSSR count). The summed E-state index contributed by atoms with van der Waals surface area (Å²) in [6.07, 6.45) is 0. The maximum atomic E-state index is 6.19. The zero-order valence-electron chi connectivity index (χ0n) is 9.13. The molecule has 6 heteroatoms. The molecule has 0 fully saturated rings. The van der Waals surface area contributed by atoms with E-state index in [-0.39, 0.29) is 0 Å². The molecule has 0 radical (unpaired) electrons. The van der Waals surface area contributed by atoms with Crippen molar-refractivity contribution in [2.45, 2.75) is 6.61 Å². The molecule has 0 aliphatic heterocycles. The van der Waals surface area contributed by atoms with Gasteiger partial charge in [0.1, 0.15) is 0 Å². The molecule has 0 saturated carbocycles. The highest BCUT2D eigenvalue weighted by molar-refractivity contribution is 14.1. The second kappa shape index (κ2) is 5.34. The molecular formula is C11H11ClIN3O. The first-order valence-electron chi connectivity index (χ1n) is 4.90. The lowest BCUT2D eigenvalue weighted by atomic mass is 10.1. The number of nitrogens with two attached hydrogens (primary N) is 1. The van der Waals surface area contributed by atoms with Gasteiger partial charge in [-0.25, -0.2) is 4.98 Å².